The van der Waals surface area contributed by atoms with Gasteiger partial charge in [-0.15, -0.1) is 0 Å². The molecule has 182 valence electrons. The van der Waals surface area contributed by atoms with Crippen molar-refractivity contribution in [1.29, 1.82) is 0 Å². The summed E-state index contributed by atoms with van der Waals surface area (Å²) < 4.78 is 5.42. The van der Waals surface area contributed by atoms with Crippen LogP contribution < -0.4 is 10.6 Å². The minimum absolute atomic E-state index is 0.0477. The number of nitrogens with zero attached hydrogens (tertiary/aromatic N) is 4. The number of alkyl carbamates (subject to hydrolysis) is 1. The molecule has 0 saturated carbocycles. The van der Waals surface area contributed by atoms with Gasteiger partial charge in [-0.25, -0.2) is 4.79 Å². The number of guanidine groups is 1. The summed E-state index contributed by atoms with van der Waals surface area (Å²) in [5, 5.41) is 6.55. The first-order valence-corrected chi connectivity index (χ1v) is 11.7. The second kappa shape index (κ2) is 13.1. The smallest absolute Gasteiger partial charge is 0.407 e. The Morgan fingerprint density at radius 3 is 2.29 bits per heavy atom. The van der Waals surface area contributed by atoms with Crippen molar-refractivity contribution in [2.45, 2.75) is 59.6 Å². The molecule has 1 fully saturated rings. The van der Waals surface area contributed by atoms with Crippen molar-refractivity contribution in [1.82, 2.24) is 25.3 Å². The monoisotopic (exact) mass is 440 g/mol. The highest BCUT2D eigenvalue weighted by Crippen LogP contribution is 2.11. The summed E-state index contributed by atoms with van der Waals surface area (Å²) in [6.45, 7) is 19.6. The molecule has 1 amide bonds. The first-order chi connectivity index (χ1) is 14.4. The third kappa shape index (κ3) is 11.6. The lowest BCUT2D eigenvalue weighted by atomic mass is 10.0. The van der Waals surface area contributed by atoms with Gasteiger partial charge in [0.1, 0.15) is 5.60 Å². The second-order valence-corrected chi connectivity index (χ2v) is 10.3. The van der Waals surface area contributed by atoms with E-state index in [2.05, 4.69) is 58.1 Å². The Labute approximate surface area is 190 Å². The van der Waals surface area contributed by atoms with Crippen LogP contribution in [0.4, 0.5) is 4.79 Å². The van der Waals surface area contributed by atoms with Crippen LogP contribution in [0, 0.1) is 11.8 Å². The van der Waals surface area contributed by atoms with E-state index < -0.39 is 5.60 Å². The van der Waals surface area contributed by atoms with Gasteiger partial charge >= 0.3 is 6.09 Å². The highest BCUT2D eigenvalue weighted by Gasteiger charge is 2.22. The minimum Gasteiger partial charge on any atom is -0.444 e. The first-order valence-electron chi connectivity index (χ1n) is 11.7. The summed E-state index contributed by atoms with van der Waals surface area (Å²) >= 11 is 0. The van der Waals surface area contributed by atoms with Gasteiger partial charge in [0.15, 0.2) is 5.96 Å². The summed E-state index contributed by atoms with van der Waals surface area (Å²) in [4.78, 5) is 23.7. The van der Waals surface area contributed by atoms with Gasteiger partial charge in [-0.2, -0.15) is 0 Å². The van der Waals surface area contributed by atoms with Crippen molar-refractivity contribution >= 4 is 12.1 Å². The average Bonchev–Trinajstić information content (AvgIpc) is 2.65. The first kappa shape index (κ1) is 27.5. The van der Waals surface area contributed by atoms with Gasteiger partial charge in [0.25, 0.3) is 0 Å². The van der Waals surface area contributed by atoms with Gasteiger partial charge in [-0.3, -0.25) is 4.99 Å². The summed E-state index contributed by atoms with van der Waals surface area (Å²) in [6.07, 6.45) is 0.472. The van der Waals surface area contributed by atoms with Gasteiger partial charge in [0.2, 0.25) is 0 Å². The van der Waals surface area contributed by atoms with Crippen LogP contribution in [-0.4, -0.2) is 105 Å². The van der Waals surface area contributed by atoms with E-state index in [0.717, 1.165) is 58.2 Å². The number of carbonyl (C=O) groups is 1. The van der Waals surface area contributed by atoms with E-state index in [4.69, 9.17) is 4.74 Å². The van der Waals surface area contributed by atoms with Gasteiger partial charge in [-0.05, 0) is 46.1 Å². The lowest BCUT2D eigenvalue weighted by molar-refractivity contribution is 0.0486. The molecule has 1 aliphatic heterocycles. The zero-order valence-electron chi connectivity index (χ0n) is 21.5. The molecule has 2 unspecified atom stereocenters. The van der Waals surface area contributed by atoms with Crippen molar-refractivity contribution in [2.75, 3.05) is 67.0 Å². The van der Waals surface area contributed by atoms with Crippen LogP contribution in [0.25, 0.3) is 0 Å². The number of hydrogen-bond acceptors (Lipinski definition) is 5. The van der Waals surface area contributed by atoms with Crippen molar-refractivity contribution in [3.63, 3.8) is 0 Å². The Kier molecular flexibility index (Phi) is 11.6. The van der Waals surface area contributed by atoms with Crippen LogP contribution in [0.1, 0.15) is 48.0 Å². The fourth-order valence-corrected chi connectivity index (χ4v) is 3.66. The topological polar surface area (TPSA) is 72.4 Å². The molecule has 0 spiro atoms. The fraction of sp³-hybridized carbons (Fsp3) is 0.913. The molecule has 1 aliphatic rings. The number of aliphatic imine (C=N–C) groups is 1. The average molecular weight is 441 g/mol. The normalized spacial score (nSPS) is 18.6. The third-order valence-electron chi connectivity index (χ3n) is 5.63. The highest BCUT2D eigenvalue weighted by molar-refractivity contribution is 5.79. The predicted molar refractivity (Wildman–Crippen MR) is 130 cm³/mol. The zero-order chi connectivity index (χ0) is 23.6. The lowest BCUT2D eigenvalue weighted by Crippen LogP contribution is -2.48. The van der Waals surface area contributed by atoms with Crippen LogP contribution in [0.5, 0.6) is 0 Å². The maximum atomic E-state index is 12.2. The molecule has 31 heavy (non-hydrogen) atoms. The Hall–Kier alpha value is -1.54. The molecule has 0 aromatic heterocycles. The molecule has 0 aliphatic carbocycles. The number of nitrogens with one attached hydrogen (secondary N) is 2. The van der Waals surface area contributed by atoms with Crippen LogP contribution in [0.15, 0.2) is 4.99 Å². The maximum Gasteiger partial charge on any atom is 0.407 e. The SMILES string of the molecule is CN=C(NCC(C)CN1CCN(C)CC1)N(C)CCC(NC(=O)OC(C)(C)C)C(C)C. The van der Waals surface area contributed by atoms with Crippen molar-refractivity contribution in [3.05, 3.63) is 0 Å². The zero-order valence-corrected chi connectivity index (χ0v) is 21.5. The minimum atomic E-state index is -0.491. The van der Waals surface area contributed by atoms with Crippen molar-refractivity contribution in [2.24, 2.45) is 16.8 Å². The van der Waals surface area contributed by atoms with E-state index in [1.807, 2.05) is 34.9 Å². The van der Waals surface area contributed by atoms with E-state index in [9.17, 15) is 4.79 Å². The number of rotatable bonds is 9. The maximum absolute atomic E-state index is 12.2. The van der Waals surface area contributed by atoms with E-state index in [1.165, 1.54) is 0 Å². The van der Waals surface area contributed by atoms with Crippen molar-refractivity contribution in [3.8, 4) is 0 Å². The van der Waals surface area contributed by atoms with E-state index in [1.54, 1.807) is 0 Å². The molecule has 1 heterocycles. The van der Waals surface area contributed by atoms with Crippen LogP contribution >= 0.6 is 0 Å². The molecule has 0 aromatic carbocycles. The number of likely N-dealkylation sites (N-methyl/N-ethyl adjacent to an activating group) is 1. The third-order valence-corrected chi connectivity index (χ3v) is 5.63. The Morgan fingerprint density at radius 1 is 1.16 bits per heavy atom. The van der Waals surface area contributed by atoms with Crippen LogP contribution in [0.2, 0.25) is 0 Å². The molecule has 8 heteroatoms. The number of piperazine rings is 1. The van der Waals surface area contributed by atoms with Gasteiger partial charge in [-0.1, -0.05) is 20.8 Å². The van der Waals surface area contributed by atoms with Gasteiger partial charge < -0.3 is 30.1 Å². The molecular weight excluding hydrogens is 392 g/mol. The summed E-state index contributed by atoms with van der Waals surface area (Å²) in [7, 11) is 6.06. The summed E-state index contributed by atoms with van der Waals surface area (Å²) in [6, 6.07) is 0.0477. The van der Waals surface area contributed by atoms with E-state index >= 15 is 0 Å². The van der Waals surface area contributed by atoms with E-state index in [-0.39, 0.29) is 12.1 Å². The predicted octanol–water partition coefficient (Wildman–Crippen LogP) is 2.32. The molecule has 1 saturated heterocycles. The number of carbonyl (C=O) groups excluding carboxylic acids is 1. The van der Waals surface area contributed by atoms with Crippen LogP contribution in [0.3, 0.4) is 0 Å². The Morgan fingerprint density at radius 2 is 1.77 bits per heavy atom. The number of amides is 1. The van der Waals surface area contributed by atoms with Gasteiger partial charge in [0.05, 0.1) is 0 Å². The van der Waals surface area contributed by atoms with Gasteiger partial charge in [0, 0.05) is 66.0 Å². The molecule has 0 aromatic rings. The lowest BCUT2D eigenvalue weighted by Gasteiger charge is -2.34. The Balaban J connectivity index is 2.44. The molecule has 0 radical (unpaired) electrons. The van der Waals surface area contributed by atoms with E-state index in [0.29, 0.717) is 11.8 Å². The molecule has 0 bridgehead atoms. The molecular formula is C23H48N6O2. The molecule has 1 rings (SSSR count). The molecule has 2 N–H and O–H groups in total. The number of ether oxygens (including phenoxy) is 1. The second-order valence-electron chi connectivity index (χ2n) is 10.3. The fourth-order valence-electron chi connectivity index (χ4n) is 3.66. The molecule has 2 atom stereocenters. The summed E-state index contributed by atoms with van der Waals surface area (Å²) in [5.74, 6) is 1.76. The largest absolute Gasteiger partial charge is 0.444 e. The van der Waals surface area contributed by atoms with Crippen molar-refractivity contribution < 1.29 is 9.53 Å². The van der Waals surface area contributed by atoms with Crippen LogP contribution in [-0.2, 0) is 4.74 Å². The highest BCUT2D eigenvalue weighted by atomic mass is 16.6. The Bertz CT molecular complexity index is 553. The molecule has 8 nitrogen and oxygen atoms in total. The number of hydrogen-bond donors (Lipinski definition) is 2. The summed E-state index contributed by atoms with van der Waals surface area (Å²) in [5.41, 5.74) is -0.491. The quantitative estimate of drug-likeness (QED) is 0.423. The standard InChI is InChI=1S/C23H48N6O2/c1-18(2)20(26-22(30)31-23(4,5)6)10-11-28(9)21(24-7)25-16-19(3)17-29-14-12-27(8)13-15-29/h18-20H,10-17H2,1-9H3,(H,24,25)(H,26,30).